The summed E-state index contributed by atoms with van der Waals surface area (Å²) in [7, 11) is -3.78. The third-order valence-electron chi connectivity index (χ3n) is 6.48. The molecule has 1 aliphatic heterocycles. The molecule has 2 fully saturated rings. The second kappa shape index (κ2) is 10.3. The van der Waals surface area contributed by atoms with Gasteiger partial charge in [-0.15, -0.1) is 0 Å². The lowest BCUT2D eigenvalue weighted by Gasteiger charge is -2.34. The monoisotopic (exact) mass is 466 g/mol. The van der Waals surface area contributed by atoms with E-state index >= 15 is 0 Å². The number of ether oxygens (including phenoxy) is 2. The molecular weight excluding hydrogens is 432 g/mol. The van der Waals surface area contributed by atoms with Crippen LogP contribution >= 0.6 is 0 Å². The number of amides is 1. The van der Waals surface area contributed by atoms with E-state index in [1.807, 2.05) is 13.8 Å². The largest absolute Gasteiger partial charge is 0.452 e. The van der Waals surface area contributed by atoms with E-state index in [9.17, 15) is 18.0 Å². The minimum atomic E-state index is -3.78. The Bertz CT molecular complexity index is 924. The maximum Gasteiger partial charge on any atom is 0.338 e. The number of hydrogen-bond donors (Lipinski definition) is 1. The van der Waals surface area contributed by atoms with Crippen molar-refractivity contribution in [1.29, 1.82) is 0 Å². The average molecular weight is 467 g/mol. The van der Waals surface area contributed by atoms with Crippen LogP contribution in [0.1, 0.15) is 57.3 Å². The van der Waals surface area contributed by atoms with E-state index in [1.54, 1.807) is 0 Å². The summed E-state index contributed by atoms with van der Waals surface area (Å²) in [6.07, 6.45) is 2.72. The maximum atomic E-state index is 13.1. The van der Waals surface area contributed by atoms with Gasteiger partial charge in [0.25, 0.3) is 5.91 Å². The van der Waals surface area contributed by atoms with Gasteiger partial charge in [0.15, 0.2) is 6.61 Å². The second-order valence-corrected chi connectivity index (χ2v) is 11.1. The lowest BCUT2D eigenvalue weighted by molar-refractivity contribution is -0.125. The van der Waals surface area contributed by atoms with Crippen LogP contribution in [0, 0.1) is 11.8 Å². The van der Waals surface area contributed by atoms with Gasteiger partial charge in [0.2, 0.25) is 10.0 Å². The highest BCUT2D eigenvalue weighted by Gasteiger charge is 2.33. The molecule has 3 rings (SSSR count). The van der Waals surface area contributed by atoms with Gasteiger partial charge < -0.3 is 14.8 Å². The zero-order valence-electron chi connectivity index (χ0n) is 19.2. The van der Waals surface area contributed by atoms with Crippen molar-refractivity contribution in [3.05, 3.63) is 29.8 Å². The number of carbonyl (C=O) groups is 2. The number of nitrogens with zero attached hydrogens (tertiary/aromatic N) is 1. The molecule has 0 aromatic heterocycles. The Balaban J connectivity index is 1.61. The van der Waals surface area contributed by atoms with Gasteiger partial charge >= 0.3 is 5.97 Å². The smallest absolute Gasteiger partial charge is 0.338 e. The fourth-order valence-corrected chi connectivity index (χ4v) is 6.15. The molecule has 5 atom stereocenters. The molecule has 0 bridgehead atoms. The number of rotatable bonds is 6. The molecule has 1 N–H and O–H groups in total. The highest BCUT2D eigenvalue weighted by Crippen LogP contribution is 2.29. The Kier molecular flexibility index (Phi) is 7.95. The van der Waals surface area contributed by atoms with Crippen LogP contribution in [0.2, 0.25) is 0 Å². The minimum absolute atomic E-state index is 0.0164. The Labute approximate surface area is 190 Å². The molecule has 2 aliphatic rings. The zero-order valence-corrected chi connectivity index (χ0v) is 20.1. The molecule has 1 amide bonds. The van der Waals surface area contributed by atoms with Crippen molar-refractivity contribution in [2.24, 2.45) is 11.8 Å². The first kappa shape index (κ1) is 24.7. The normalized spacial score (nSPS) is 29.3. The molecular formula is C23H34N2O6S. The Morgan fingerprint density at radius 2 is 1.81 bits per heavy atom. The maximum absolute atomic E-state index is 13.1. The lowest BCUT2D eigenvalue weighted by Crippen LogP contribution is -2.48. The van der Waals surface area contributed by atoms with Crippen molar-refractivity contribution < 1.29 is 27.5 Å². The van der Waals surface area contributed by atoms with Crippen LogP contribution in [-0.2, 0) is 24.3 Å². The first-order valence-electron chi connectivity index (χ1n) is 11.3. The second-order valence-electron chi connectivity index (χ2n) is 9.12. The molecule has 9 heteroatoms. The molecule has 1 aromatic carbocycles. The van der Waals surface area contributed by atoms with E-state index in [1.165, 1.54) is 28.6 Å². The highest BCUT2D eigenvalue weighted by molar-refractivity contribution is 7.89. The van der Waals surface area contributed by atoms with Crippen LogP contribution in [0.4, 0.5) is 0 Å². The van der Waals surface area contributed by atoms with Crippen LogP contribution in [0.3, 0.4) is 0 Å². The topological polar surface area (TPSA) is 102 Å². The lowest BCUT2D eigenvalue weighted by atomic mass is 9.78. The Hall–Kier alpha value is -1.97. The van der Waals surface area contributed by atoms with Crippen molar-refractivity contribution in [2.45, 2.75) is 70.1 Å². The zero-order chi connectivity index (χ0) is 23.5. The van der Waals surface area contributed by atoms with Gasteiger partial charge in [-0.3, -0.25) is 4.79 Å². The molecule has 32 heavy (non-hydrogen) atoms. The number of nitrogens with one attached hydrogen (secondary N) is 1. The number of benzene rings is 1. The standard InChI is InChI=1S/C23H34N2O6S/c1-15-7-5-10-21(18(15)4)24-22(26)14-30-23(27)19-8-6-9-20(11-19)32(28,29)25-12-16(2)31-17(3)13-25/h6,8-9,11,15-18,21H,5,7,10,12-14H2,1-4H3,(H,24,26)/t15-,16-,17+,18-,21-/m1/s1. The number of carbonyl (C=O) groups excluding carboxylic acids is 2. The van der Waals surface area contributed by atoms with E-state index in [-0.39, 0.29) is 47.7 Å². The van der Waals surface area contributed by atoms with Crippen LogP contribution < -0.4 is 5.32 Å². The van der Waals surface area contributed by atoms with E-state index in [0.29, 0.717) is 11.8 Å². The Morgan fingerprint density at radius 1 is 1.12 bits per heavy atom. The fraction of sp³-hybridized carbons (Fsp3) is 0.652. The van der Waals surface area contributed by atoms with E-state index < -0.39 is 22.6 Å². The van der Waals surface area contributed by atoms with Crippen molar-refractivity contribution >= 4 is 21.9 Å². The molecule has 0 radical (unpaired) electrons. The minimum Gasteiger partial charge on any atom is -0.452 e. The summed E-state index contributed by atoms with van der Waals surface area (Å²) in [6.45, 7) is 8.06. The summed E-state index contributed by atoms with van der Waals surface area (Å²) in [5.74, 6) is -0.162. The first-order chi connectivity index (χ1) is 15.1. The molecule has 1 saturated carbocycles. The van der Waals surface area contributed by atoms with Crippen LogP contribution in [0.25, 0.3) is 0 Å². The van der Waals surface area contributed by atoms with Crippen molar-refractivity contribution in [1.82, 2.24) is 9.62 Å². The summed E-state index contributed by atoms with van der Waals surface area (Å²) in [6, 6.07) is 5.81. The van der Waals surface area contributed by atoms with Crippen LogP contribution in [-0.4, -0.2) is 62.5 Å². The predicted octanol–water partition coefficient (Wildman–Crippen LogP) is 2.58. The summed E-state index contributed by atoms with van der Waals surface area (Å²) in [5.41, 5.74) is 0.0906. The van der Waals surface area contributed by atoms with Crippen molar-refractivity contribution in [3.8, 4) is 0 Å². The number of morpholine rings is 1. The third-order valence-corrected chi connectivity index (χ3v) is 8.31. The van der Waals surface area contributed by atoms with Crippen molar-refractivity contribution in [3.63, 3.8) is 0 Å². The third kappa shape index (κ3) is 5.88. The summed E-state index contributed by atoms with van der Waals surface area (Å²) in [4.78, 5) is 24.8. The first-order valence-corrected chi connectivity index (χ1v) is 12.7. The van der Waals surface area contributed by atoms with Gasteiger partial charge in [0.1, 0.15) is 0 Å². The van der Waals surface area contributed by atoms with Gasteiger partial charge in [-0.25, -0.2) is 13.2 Å². The number of esters is 1. The van der Waals surface area contributed by atoms with E-state index in [0.717, 1.165) is 19.3 Å². The quantitative estimate of drug-likeness (QED) is 0.647. The van der Waals surface area contributed by atoms with Crippen LogP contribution in [0.5, 0.6) is 0 Å². The molecule has 0 spiro atoms. The highest BCUT2D eigenvalue weighted by atomic mass is 32.2. The van der Waals surface area contributed by atoms with Gasteiger partial charge in [-0.2, -0.15) is 4.31 Å². The van der Waals surface area contributed by atoms with Gasteiger partial charge in [-0.05, 0) is 50.3 Å². The molecule has 1 saturated heterocycles. The molecule has 0 unspecified atom stereocenters. The summed E-state index contributed by atoms with van der Waals surface area (Å²) in [5, 5.41) is 2.96. The fourth-order valence-electron chi connectivity index (χ4n) is 4.51. The van der Waals surface area contributed by atoms with E-state index in [2.05, 4.69) is 19.2 Å². The molecule has 1 aliphatic carbocycles. The number of hydrogen-bond acceptors (Lipinski definition) is 6. The van der Waals surface area contributed by atoms with Gasteiger partial charge in [0, 0.05) is 19.1 Å². The average Bonchev–Trinajstić information content (AvgIpc) is 2.74. The molecule has 1 aromatic rings. The summed E-state index contributed by atoms with van der Waals surface area (Å²) >= 11 is 0. The molecule has 178 valence electrons. The number of sulfonamides is 1. The van der Waals surface area contributed by atoms with E-state index in [4.69, 9.17) is 9.47 Å². The van der Waals surface area contributed by atoms with Gasteiger partial charge in [0.05, 0.1) is 22.7 Å². The molecule has 1 heterocycles. The summed E-state index contributed by atoms with van der Waals surface area (Å²) < 4.78 is 38.2. The van der Waals surface area contributed by atoms with Crippen molar-refractivity contribution in [2.75, 3.05) is 19.7 Å². The predicted molar refractivity (Wildman–Crippen MR) is 120 cm³/mol. The van der Waals surface area contributed by atoms with Crippen LogP contribution in [0.15, 0.2) is 29.2 Å². The van der Waals surface area contributed by atoms with Gasteiger partial charge in [-0.1, -0.05) is 32.8 Å². The SMILES string of the molecule is C[C@@H]1[C@H](C)CCC[C@H]1NC(=O)COC(=O)c1cccc(S(=O)(=O)N2C[C@@H](C)O[C@@H](C)C2)c1. The molecule has 8 nitrogen and oxygen atoms in total. The Morgan fingerprint density at radius 3 is 2.50 bits per heavy atom.